The largest absolute Gasteiger partial charge is 0.388 e. The van der Waals surface area contributed by atoms with Gasteiger partial charge in [0.25, 0.3) is 0 Å². The number of carbonyl (C=O) groups excluding carboxylic acids is 1. The molecular weight excluding hydrogens is 226 g/mol. The molecule has 3 nitrogen and oxygen atoms in total. The average molecular weight is 247 g/mol. The summed E-state index contributed by atoms with van der Waals surface area (Å²) in [5.74, 6) is 0.224. The number of nitrogens with zero attached hydrogens (tertiary/aromatic N) is 1. The van der Waals surface area contributed by atoms with Gasteiger partial charge in [-0.05, 0) is 43.4 Å². The van der Waals surface area contributed by atoms with Crippen LogP contribution in [0.5, 0.6) is 0 Å². The molecule has 0 saturated carbocycles. The van der Waals surface area contributed by atoms with Gasteiger partial charge in [0.05, 0.1) is 6.10 Å². The Morgan fingerprint density at radius 2 is 2.06 bits per heavy atom. The molecule has 1 saturated heterocycles. The van der Waals surface area contributed by atoms with Crippen molar-refractivity contribution in [2.45, 2.75) is 39.2 Å². The van der Waals surface area contributed by atoms with E-state index in [1.54, 1.807) is 0 Å². The fraction of sp³-hybridized carbons (Fsp3) is 0.533. The van der Waals surface area contributed by atoms with Crippen LogP contribution in [0, 0.1) is 13.8 Å². The lowest BCUT2D eigenvalue weighted by Gasteiger charge is -2.12. The van der Waals surface area contributed by atoms with E-state index in [-0.39, 0.29) is 5.91 Å². The molecule has 0 aliphatic carbocycles. The maximum atomic E-state index is 11.5. The molecule has 2 rings (SSSR count). The first kappa shape index (κ1) is 13.1. The maximum absolute atomic E-state index is 11.5. The number of amides is 1. The third-order valence-electron chi connectivity index (χ3n) is 3.58. The summed E-state index contributed by atoms with van der Waals surface area (Å²) in [5, 5.41) is 10.1. The summed E-state index contributed by atoms with van der Waals surface area (Å²) in [7, 11) is 0. The van der Waals surface area contributed by atoms with E-state index >= 15 is 0 Å². The van der Waals surface area contributed by atoms with Crippen LogP contribution in [0.2, 0.25) is 0 Å². The fourth-order valence-electron chi connectivity index (χ4n) is 2.04. The average Bonchev–Trinajstić information content (AvgIpc) is 3.16. The van der Waals surface area contributed by atoms with Crippen molar-refractivity contribution in [1.82, 2.24) is 4.90 Å². The van der Waals surface area contributed by atoms with Crippen molar-refractivity contribution >= 4 is 5.91 Å². The third kappa shape index (κ3) is 3.33. The Morgan fingerprint density at radius 1 is 1.33 bits per heavy atom. The Labute approximate surface area is 108 Å². The van der Waals surface area contributed by atoms with Crippen molar-refractivity contribution < 1.29 is 9.90 Å². The highest BCUT2D eigenvalue weighted by molar-refractivity contribution is 5.78. The summed E-state index contributed by atoms with van der Waals surface area (Å²) in [6.45, 7) is 5.95. The molecule has 1 amide bonds. The normalized spacial score (nSPS) is 15.6. The van der Waals surface area contributed by atoms with E-state index < -0.39 is 6.10 Å². The minimum atomic E-state index is -0.452. The number of aryl methyl sites for hydroxylation is 2. The van der Waals surface area contributed by atoms with Gasteiger partial charge in [-0.2, -0.15) is 0 Å². The second kappa shape index (κ2) is 5.53. The van der Waals surface area contributed by atoms with E-state index in [0.29, 0.717) is 12.8 Å². The summed E-state index contributed by atoms with van der Waals surface area (Å²) in [4.78, 5) is 13.3. The van der Waals surface area contributed by atoms with Gasteiger partial charge in [0.1, 0.15) is 0 Å². The van der Waals surface area contributed by atoms with Gasteiger partial charge in [-0.3, -0.25) is 4.79 Å². The molecule has 1 atom stereocenters. The number of hydrogen-bond donors (Lipinski definition) is 1. The quantitative estimate of drug-likeness (QED) is 0.811. The number of hydrogen-bond acceptors (Lipinski definition) is 2. The third-order valence-corrected chi connectivity index (χ3v) is 3.58. The van der Waals surface area contributed by atoms with Crippen molar-refractivity contribution in [2.24, 2.45) is 0 Å². The molecule has 0 radical (unpaired) electrons. The summed E-state index contributed by atoms with van der Waals surface area (Å²) in [6.07, 6.45) is 1.51. The summed E-state index contributed by atoms with van der Waals surface area (Å²) < 4.78 is 0. The zero-order chi connectivity index (χ0) is 13.1. The lowest BCUT2D eigenvalue weighted by atomic mass is 9.99. The van der Waals surface area contributed by atoms with Gasteiger partial charge in [0.15, 0.2) is 0 Å². The van der Waals surface area contributed by atoms with Gasteiger partial charge in [0, 0.05) is 19.5 Å². The zero-order valence-corrected chi connectivity index (χ0v) is 11.1. The molecule has 1 unspecified atom stereocenters. The van der Waals surface area contributed by atoms with Crippen LogP contribution in [0.4, 0.5) is 0 Å². The molecule has 1 aliphatic heterocycles. The van der Waals surface area contributed by atoms with Crippen LogP contribution < -0.4 is 0 Å². The van der Waals surface area contributed by atoms with Crippen molar-refractivity contribution in [1.29, 1.82) is 0 Å². The summed E-state index contributed by atoms with van der Waals surface area (Å²) in [6, 6.07) is 6.04. The Bertz CT molecular complexity index is 438. The molecule has 1 N–H and O–H groups in total. The van der Waals surface area contributed by atoms with Gasteiger partial charge in [-0.25, -0.2) is 0 Å². The molecular formula is C15H21NO2. The van der Waals surface area contributed by atoms with Gasteiger partial charge in [0.2, 0.25) is 5.91 Å². The molecule has 1 aromatic rings. The number of carbonyl (C=O) groups is 1. The Balaban J connectivity index is 1.81. The van der Waals surface area contributed by atoms with E-state index in [1.165, 1.54) is 11.1 Å². The van der Waals surface area contributed by atoms with E-state index in [4.69, 9.17) is 0 Å². The lowest BCUT2D eigenvalue weighted by molar-refractivity contribution is -0.125. The number of benzene rings is 1. The van der Waals surface area contributed by atoms with Crippen molar-refractivity contribution in [3.63, 3.8) is 0 Å². The second-order valence-corrected chi connectivity index (χ2v) is 5.13. The lowest BCUT2D eigenvalue weighted by Crippen LogP contribution is -2.10. The molecule has 3 heteroatoms. The van der Waals surface area contributed by atoms with E-state index in [9.17, 15) is 9.90 Å². The van der Waals surface area contributed by atoms with Crippen LogP contribution in [0.1, 0.15) is 42.1 Å². The fourth-order valence-corrected chi connectivity index (χ4v) is 2.04. The van der Waals surface area contributed by atoms with Gasteiger partial charge in [-0.15, -0.1) is 0 Å². The first-order valence-electron chi connectivity index (χ1n) is 6.61. The first-order valence-corrected chi connectivity index (χ1v) is 6.61. The Kier molecular flexibility index (Phi) is 4.02. The SMILES string of the molecule is Cc1ccc(C(O)CCCC(=O)N2CC2)cc1C. The van der Waals surface area contributed by atoms with E-state index in [0.717, 1.165) is 25.1 Å². The molecule has 1 aromatic carbocycles. The molecule has 98 valence electrons. The van der Waals surface area contributed by atoms with E-state index in [1.807, 2.05) is 23.1 Å². The zero-order valence-electron chi connectivity index (χ0n) is 11.1. The van der Waals surface area contributed by atoms with Gasteiger partial charge < -0.3 is 10.0 Å². The van der Waals surface area contributed by atoms with Crippen LogP contribution in [-0.2, 0) is 4.79 Å². The summed E-state index contributed by atoms with van der Waals surface area (Å²) in [5.41, 5.74) is 3.40. The van der Waals surface area contributed by atoms with Crippen molar-refractivity contribution in [3.05, 3.63) is 34.9 Å². The van der Waals surface area contributed by atoms with Crippen LogP contribution in [0.3, 0.4) is 0 Å². The van der Waals surface area contributed by atoms with Crippen molar-refractivity contribution in [3.8, 4) is 0 Å². The van der Waals surface area contributed by atoms with Crippen LogP contribution >= 0.6 is 0 Å². The number of rotatable bonds is 5. The number of aliphatic hydroxyl groups is 1. The van der Waals surface area contributed by atoms with Crippen molar-refractivity contribution in [2.75, 3.05) is 13.1 Å². The predicted molar refractivity (Wildman–Crippen MR) is 71.3 cm³/mol. The standard InChI is InChI=1S/C15H21NO2/c1-11-6-7-13(10-12(11)2)14(17)4-3-5-15(18)16-8-9-16/h6-7,10,14,17H,3-5,8-9H2,1-2H3. The molecule has 18 heavy (non-hydrogen) atoms. The highest BCUT2D eigenvalue weighted by Gasteiger charge is 2.23. The van der Waals surface area contributed by atoms with Gasteiger partial charge in [-0.1, -0.05) is 18.2 Å². The topological polar surface area (TPSA) is 40.3 Å². The molecule has 1 heterocycles. The van der Waals surface area contributed by atoms with Gasteiger partial charge >= 0.3 is 0 Å². The Hall–Kier alpha value is -1.35. The van der Waals surface area contributed by atoms with Crippen LogP contribution in [-0.4, -0.2) is 29.0 Å². The summed E-state index contributed by atoms with van der Waals surface area (Å²) >= 11 is 0. The second-order valence-electron chi connectivity index (χ2n) is 5.13. The first-order chi connectivity index (χ1) is 8.58. The predicted octanol–water partition coefficient (Wildman–Crippen LogP) is 2.35. The molecule has 0 aromatic heterocycles. The highest BCUT2D eigenvalue weighted by Crippen LogP contribution is 2.22. The van der Waals surface area contributed by atoms with Crippen LogP contribution in [0.15, 0.2) is 18.2 Å². The maximum Gasteiger partial charge on any atom is 0.222 e. The molecule has 0 bridgehead atoms. The Morgan fingerprint density at radius 3 is 2.67 bits per heavy atom. The van der Waals surface area contributed by atoms with E-state index in [2.05, 4.69) is 13.8 Å². The minimum Gasteiger partial charge on any atom is -0.388 e. The highest BCUT2D eigenvalue weighted by atomic mass is 16.3. The van der Waals surface area contributed by atoms with Crippen LogP contribution in [0.25, 0.3) is 0 Å². The smallest absolute Gasteiger partial charge is 0.222 e. The monoisotopic (exact) mass is 247 g/mol. The molecule has 1 aliphatic rings. The molecule has 0 spiro atoms. The number of aliphatic hydroxyl groups excluding tert-OH is 1. The minimum absolute atomic E-state index is 0.224. The molecule has 1 fully saturated rings.